The van der Waals surface area contributed by atoms with Crippen molar-refractivity contribution in [1.29, 1.82) is 0 Å². The Hall–Kier alpha value is -4.08. The van der Waals surface area contributed by atoms with E-state index >= 15 is 0 Å². The minimum Gasteiger partial charge on any atom is -0.497 e. The van der Waals surface area contributed by atoms with Gasteiger partial charge in [-0.25, -0.2) is 14.4 Å². The highest BCUT2D eigenvalue weighted by atomic mass is 19.1. The number of carbonyl (C=O) groups excluding carboxylic acids is 1. The fourth-order valence-corrected chi connectivity index (χ4v) is 2.41. The summed E-state index contributed by atoms with van der Waals surface area (Å²) in [5.41, 5.74) is 12.3. The monoisotopic (exact) mass is 398 g/mol. The molecule has 0 unspecified atom stereocenters. The van der Waals surface area contributed by atoms with Crippen molar-refractivity contribution in [3.8, 4) is 11.5 Å². The maximum absolute atomic E-state index is 13.0. The van der Waals surface area contributed by atoms with Gasteiger partial charge in [-0.2, -0.15) is 0 Å². The molecule has 0 saturated carbocycles. The Bertz CT molecular complexity index is 1010. The minimum absolute atomic E-state index is 0.171. The van der Waals surface area contributed by atoms with Gasteiger partial charge in [-0.3, -0.25) is 15.6 Å². The van der Waals surface area contributed by atoms with E-state index < -0.39 is 11.7 Å². The number of carbonyl (C=O) groups is 1. The molecule has 0 bridgehead atoms. The number of methoxy groups -OCH3 is 2. The van der Waals surface area contributed by atoms with E-state index in [1.807, 2.05) is 0 Å². The predicted octanol–water partition coefficient (Wildman–Crippen LogP) is 2.72. The third-order valence-corrected chi connectivity index (χ3v) is 3.95. The molecule has 0 fully saturated rings. The number of nitrogens with zero attached hydrogens (tertiary/aromatic N) is 2. The number of rotatable bonds is 7. The van der Waals surface area contributed by atoms with Crippen LogP contribution in [0.3, 0.4) is 0 Å². The number of ether oxygens (including phenoxy) is 2. The van der Waals surface area contributed by atoms with Crippen LogP contribution in [-0.4, -0.2) is 30.1 Å². The normalized spacial score (nSPS) is 10.2. The standard InChI is InChI=1S/C19H19FN6O3/c1-28-13-7-8-14(15(9-13)29-2)24-17-16(21)18(23-10-22-17)25-26-19(27)11-3-5-12(20)6-4-11/h3-10H,21H2,1-2H3,(H,26,27)(H2,22,23,24,25). The molecule has 10 heteroatoms. The molecule has 1 aromatic heterocycles. The first-order valence-corrected chi connectivity index (χ1v) is 8.43. The lowest BCUT2D eigenvalue weighted by Gasteiger charge is -2.15. The Labute approximate surface area is 166 Å². The lowest BCUT2D eigenvalue weighted by molar-refractivity contribution is 0.0962. The second kappa shape index (κ2) is 8.74. The molecule has 1 amide bonds. The van der Waals surface area contributed by atoms with Crippen molar-refractivity contribution < 1.29 is 18.7 Å². The number of anilines is 4. The van der Waals surface area contributed by atoms with Crippen molar-refractivity contribution >= 4 is 28.9 Å². The number of hydrogen-bond donors (Lipinski definition) is 4. The largest absolute Gasteiger partial charge is 0.497 e. The van der Waals surface area contributed by atoms with E-state index in [1.165, 1.54) is 37.7 Å². The van der Waals surface area contributed by atoms with Crippen molar-refractivity contribution in [3.63, 3.8) is 0 Å². The van der Waals surface area contributed by atoms with Crippen molar-refractivity contribution in [1.82, 2.24) is 15.4 Å². The van der Waals surface area contributed by atoms with Crippen molar-refractivity contribution in [2.75, 3.05) is 30.7 Å². The first kappa shape index (κ1) is 19.7. The van der Waals surface area contributed by atoms with Crippen molar-refractivity contribution in [2.45, 2.75) is 0 Å². The zero-order chi connectivity index (χ0) is 20.8. The number of halogens is 1. The summed E-state index contributed by atoms with van der Waals surface area (Å²) < 4.78 is 23.5. The van der Waals surface area contributed by atoms with Gasteiger partial charge in [0.1, 0.15) is 29.3 Å². The van der Waals surface area contributed by atoms with Crippen LogP contribution in [0.25, 0.3) is 0 Å². The van der Waals surface area contributed by atoms with E-state index in [4.69, 9.17) is 15.2 Å². The van der Waals surface area contributed by atoms with Crippen molar-refractivity contribution in [2.24, 2.45) is 0 Å². The quantitative estimate of drug-likeness (QED) is 0.448. The number of nitrogens with two attached hydrogens (primary N) is 1. The molecule has 3 aromatic rings. The van der Waals surface area contributed by atoms with Crippen molar-refractivity contribution in [3.05, 3.63) is 60.2 Å². The van der Waals surface area contributed by atoms with Gasteiger partial charge in [-0.05, 0) is 36.4 Å². The van der Waals surface area contributed by atoms with Gasteiger partial charge in [-0.15, -0.1) is 0 Å². The molecule has 5 N–H and O–H groups in total. The summed E-state index contributed by atoms with van der Waals surface area (Å²) >= 11 is 0. The van der Waals surface area contributed by atoms with Gasteiger partial charge in [0.15, 0.2) is 11.6 Å². The molecule has 0 atom stereocenters. The Morgan fingerprint density at radius 3 is 2.45 bits per heavy atom. The van der Waals surface area contributed by atoms with E-state index in [0.29, 0.717) is 23.0 Å². The first-order valence-electron chi connectivity index (χ1n) is 8.43. The molecule has 1 heterocycles. The molecule has 0 spiro atoms. The smallest absolute Gasteiger partial charge is 0.269 e. The molecule has 0 aliphatic heterocycles. The maximum atomic E-state index is 13.0. The van der Waals surface area contributed by atoms with Gasteiger partial charge in [-0.1, -0.05) is 0 Å². The van der Waals surface area contributed by atoms with Crippen LogP contribution < -0.4 is 31.4 Å². The number of nitrogen functional groups attached to an aromatic ring is 1. The molecule has 2 aromatic carbocycles. The molecule has 0 radical (unpaired) electrons. The number of benzene rings is 2. The summed E-state index contributed by atoms with van der Waals surface area (Å²) in [6, 6.07) is 10.3. The van der Waals surface area contributed by atoms with Crippen LogP contribution in [0, 0.1) is 5.82 Å². The molecule has 0 aliphatic rings. The Kier molecular flexibility index (Phi) is 5.93. The molecular weight excluding hydrogens is 379 g/mol. The zero-order valence-corrected chi connectivity index (χ0v) is 15.7. The Morgan fingerprint density at radius 2 is 1.76 bits per heavy atom. The number of amides is 1. The molecular formula is C19H19FN6O3. The van der Waals surface area contributed by atoms with Gasteiger partial charge >= 0.3 is 0 Å². The van der Waals surface area contributed by atoms with Crippen LogP contribution in [-0.2, 0) is 0 Å². The maximum Gasteiger partial charge on any atom is 0.269 e. The summed E-state index contributed by atoms with van der Waals surface area (Å²) in [7, 11) is 3.09. The number of hydrazine groups is 1. The van der Waals surface area contributed by atoms with Crippen LogP contribution >= 0.6 is 0 Å². The van der Waals surface area contributed by atoms with Gasteiger partial charge < -0.3 is 20.5 Å². The third-order valence-electron chi connectivity index (χ3n) is 3.95. The second-order valence-corrected chi connectivity index (χ2v) is 5.76. The molecule has 0 saturated heterocycles. The molecule has 9 nitrogen and oxygen atoms in total. The highest BCUT2D eigenvalue weighted by Gasteiger charge is 2.13. The van der Waals surface area contributed by atoms with E-state index in [9.17, 15) is 9.18 Å². The van der Waals surface area contributed by atoms with E-state index in [1.54, 1.807) is 25.3 Å². The lowest BCUT2D eigenvalue weighted by Crippen LogP contribution is -2.30. The van der Waals surface area contributed by atoms with Gasteiger partial charge in [0.2, 0.25) is 0 Å². The third kappa shape index (κ3) is 4.61. The highest BCUT2D eigenvalue weighted by molar-refractivity contribution is 5.95. The van der Waals surface area contributed by atoms with E-state index in [0.717, 1.165) is 0 Å². The number of hydrogen-bond acceptors (Lipinski definition) is 8. The lowest BCUT2D eigenvalue weighted by atomic mass is 10.2. The van der Waals surface area contributed by atoms with E-state index in [2.05, 4.69) is 26.1 Å². The minimum atomic E-state index is -0.477. The predicted molar refractivity (Wildman–Crippen MR) is 107 cm³/mol. The summed E-state index contributed by atoms with van der Waals surface area (Å²) in [5.74, 6) is 0.747. The van der Waals surface area contributed by atoms with Crippen LogP contribution in [0.1, 0.15) is 10.4 Å². The zero-order valence-electron chi connectivity index (χ0n) is 15.7. The summed E-state index contributed by atoms with van der Waals surface area (Å²) in [4.78, 5) is 20.3. The number of aromatic nitrogens is 2. The van der Waals surface area contributed by atoms with Gasteiger partial charge in [0, 0.05) is 11.6 Å². The van der Waals surface area contributed by atoms with Crippen LogP contribution in [0.15, 0.2) is 48.8 Å². The highest BCUT2D eigenvalue weighted by Crippen LogP contribution is 2.33. The topological polar surface area (TPSA) is 123 Å². The number of nitrogens with one attached hydrogen (secondary N) is 3. The summed E-state index contributed by atoms with van der Waals surface area (Å²) in [5, 5.41) is 3.06. The van der Waals surface area contributed by atoms with E-state index in [-0.39, 0.29) is 17.1 Å². The molecule has 0 aliphatic carbocycles. The average molecular weight is 398 g/mol. The fraction of sp³-hybridized carbons (Fsp3) is 0.105. The SMILES string of the molecule is COc1ccc(Nc2ncnc(NNC(=O)c3ccc(F)cc3)c2N)c(OC)c1. The Balaban J connectivity index is 1.74. The van der Waals surface area contributed by atoms with Crippen LogP contribution in [0.4, 0.5) is 27.4 Å². The molecule has 3 rings (SSSR count). The first-order chi connectivity index (χ1) is 14.0. The summed E-state index contributed by atoms with van der Waals surface area (Å²) in [6.07, 6.45) is 1.28. The fourth-order valence-electron chi connectivity index (χ4n) is 2.41. The average Bonchev–Trinajstić information content (AvgIpc) is 2.74. The van der Waals surface area contributed by atoms with Gasteiger partial charge in [0.05, 0.1) is 19.9 Å². The van der Waals surface area contributed by atoms with Crippen LogP contribution in [0.5, 0.6) is 11.5 Å². The van der Waals surface area contributed by atoms with Crippen LogP contribution in [0.2, 0.25) is 0 Å². The van der Waals surface area contributed by atoms with Gasteiger partial charge in [0.25, 0.3) is 5.91 Å². The Morgan fingerprint density at radius 1 is 1.03 bits per heavy atom. The summed E-state index contributed by atoms with van der Waals surface area (Å²) in [6.45, 7) is 0. The molecule has 29 heavy (non-hydrogen) atoms. The molecule has 150 valence electrons. The second-order valence-electron chi connectivity index (χ2n) is 5.76.